The highest BCUT2D eigenvalue weighted by atomic mass is 19.1. The maximum Gasteiger partial charge on any atom is 0.340 e. The molecule has 3 N–H and O–H groups in total. The average molecular weight is 520 g/mol. The van der Waals surface area contributed by atoms with Gasteiger partial charge in [-0.05, 0) is 37.7 Å². The van der Waals surface area contributed by atoms with Crippen molar-refractivity contribution in [1.29, 1.82) is 0 Å². The molecule has 0 radical (unpaired) electrons. The predicted molar refractivity (Wildman–Crippen MR) is 133 cm³/mol. The Morgan fingerprint density at radius 2 is 1.81 bits per heavy atom. The maximum absolute atomic E-state index is 15.0. The van der Waals surface area contributed by atoms with Crippen molar-refractivity contribution in [3.63, 3.8) is 0 Å². The van der Waals surface area contributed by atoms with Crippen LogP contribution in [0.4, 0.5) is 14.5 Å². The zero-order chi connectivity index (χ0) is 26.4. The van der Waals surface area contributed by atoms with Crippen molar-refractivity contribution in [3.8, 4) is 5.75 Å². The Kier molecular flexibility index (Phi) is 8.75. The van der Waals surface area contributed by atoms with E-state index in [4.69, 9.17) is 4.74 Å². The fourth-order valence-corrected chi connectivity index (χ4v) is 5.62. The number of esters is 1. The van der Waals surface area contributed by atoms with Gasteiger partial charge in [0.15, 0.2) is 17.4 Å². The van der Waals surface area contributed by atoms with Gasteiger partial charge in [0.2, 0.25) is 5.91 Å². The molecule has 9 nitrogen and oxygen atoms in total. The van der Waals surface area contributed by atoms with Gasteiger partial charge >= 0.3 is 5.97 Å². The number of amides is 1. The second kappa shape index (κ2) is 12.0. The molecule has 0 spiro atoms. The second-order valence-corrected chi connectivity index (χ2v) is 9.76. The summed E-state index contributed by atoms with van der Waals surface area (Å²) in [6.45, 7) is 0. The van der Waals surface area contributed by atoms with E-state index >= 15 is 4.39 Å². The van der Waals surface area contributed by atoms with Crippen LogP contribution in [0.5, 0.6) is 5.75 Å². The number of aromatic nitrogens is 2. The zero-order valence-corrected chi connectivity index (χ0v) is 21.3. The highest BCUT2D eigenvalue weighted by molar-refractivity contribution is 6.03. The van der Waals surface area contributed by atoms with E-state index in [0.29, 0.717) is 18.8 Å². The summed E-state index contributed by atoms with van der Waals surface area (Å²) >= 11 is 0. The van der Waals surface area contributed by atoms with Gasteiger partial charge < -0.3 is 19.4 Å². The molecule has 2 aliphatic rings. The average Bonchev–Trinajstić information content (AvgIpc) is 3.49. The number of nitrogens with zero attached hydrogens (tertiary/aromatic N) is 2. The van der Waals surface area contributed by atoms with Gasteiger partial charge in [-0.25, -0.2) is 29.4 Å². The number of benzene rings is 1. The number of hydrogen-bond acceptors (Lipinski definition) is 7. The molecule has 1 aromatic heterocycles. The summed E-state index contributed by atoms with van der Waals surface area (Å²) in [4.78, 5) is 29.6. The number of carbonyl (C=O) groups is 2. The first-order chi connectivity index (χ1) is 17.9. The van der Waals surface area contributed by atoms with Crippen LogP contribution in [0.3, 0.4) is 0 Å². The van der Waals surface area contributed by atoms with Crippen molar-refractivity contribution in [2.75, 3.05) is 19.5 Å². The molecule has 2 atom stereocenters. The largest absolute Gasteiger partial charge is 0.491 e. The minimum Gasteiger partial charge on any atom is -0.491 e. The minimum absolute atomic E-state index is 0.334. The highest BCUT2D eigenvalue weighted by Gasteiger charge is 2.44. The van der Waals surface area contributed by atoms with E-state index in [1.54, 1.807) is 12.5 Å². The van der Waals surface area contributed by atoms with E-state index in [1.165, 1.54) is 25.7 Å². The SMILES string of the molecule is COC(=O)c1cc(F)c(OC)c(F)c1NC(=O)C1CCC(C2CCCCCCCC2)(n2ccnc2)NN1. The second-order valence-electron chi connectivity index (χ2n) is 9.76. The van der Waals surface area contributed by atoms with E-state index in [0.717, 1.165) is 46.0 Å². The van der Waals surface area contributed by atoms with Crippen LogP contribution in [-0.4, -0.2) is 41.7 Å². The lowest BCUT2D eigenvalue weighted by molar-refractivity contribution is -0.120. The molecule has 1 saturated carbocycles. The molecular formula is C26H35F2N5O4. The first-order valence-corrected chi connectivity index (χ1v) is 12.9. The molecule has 202 valence electrons. The van der Waals surface area contributed by atoms with Crippen molar-refractivity contribution >= 4 is 17.6 Å². The van der Waals surface area contributed by atoms with Crippen molar-refractivity contribution in [2.24, 2.45) is 5.92 Å². The number of nitrogens with one attached hydrogen (secondary N) is 3. The van der Waals surface area contributed by atoms with E-state index in [2.05, 4.69) is 30.5 Å². The number of methoxy groups -OCH3 is 2. The van der Waals surface area contributed by atoms with Crippen LogP contribution >= 0.6 is 0 Å². The molecule has 1 aliphatic carbocycles. The van der Waals surface area contributed by atoms with Crippen molar-refractivity contribution in [1.82, 2.24) is 20.4 Å². The van der Waals surface area contributed by atoms with Crippen LogP contribution in [0.25, 0.3) is 0 Å². The monoisotopic (exact) mass is 519 g/mol. The number of imidazole rings is 1. The minimum atomic E-state index is -1.18. The molecule has 0 bridgehead atoms. The van der Waals surface area contributed by atoms with Gasteiger partial charge in [0.1, 0.15) is 11.7 Å². The van der Waals surface area contributed by atoms with Crippen molar-refractivity contribution in [2.45, 2.75) is 75.9 Å². The number of rotatable bonds is 6. The molecule has 4 rings (SSSR count). The van der Waals surface area contributed by atoms with Gasteiger partial charge in [0.25, 0.3) is 0 Å². The lowest BCUT2D eigenvalue weighted by atomic mass is 9.79. The predicted octanol–water partition coefficient (Wildman–Crippen LogP) is 4.26. The van der Waals surface area contributed by atoms with E-state index in [1.807, 2.05) is 6.20 Å². The van der Waals surface area contributed by atoms with Gasteiger partial charge in [0, 0.05) is 12.4 Å². The third-order valence-corrected chi connectivity index (χ3v) is 7.62. The van der Waals surface area contributed by atoms with Crippen LogP contribution in [0.15, 0.2) is 24.8 Å². The number of anilines is 1. The molecular weight excluding hydrogens is 484 g/mol. The summed E-state index contributed by atoms with van der Waals surface area (Å²) in [7, 11) is 2.19. The Bertz CT molecular complexity index is 1080. The number of carbonyl (C=O) groups excluding carboxylic acids is 2. The molecule has 1 aromatic carbocycles. The summed E-state index contributed by atoms with van der Waals surface area (Å²) in [5, 5.41) is 2.45. The van der Waals surface area contributed by atoms with Crippen LogP contribution < -0.4 is 20.9 Å². The van der Waals surface area contributed by atoms with Crippen molar-refractivity contribution in [3.05, 3.63) is 42.0 Å². The fourth-order valence-electron chi connectivity index (χ4n) is 5.62. The van der Waals surface area contributed by atoms with Crippen molar-refractivity contribution < 1.29 is 27.8 Å². The van der Waals surface area contributed by atoms with Gasteiger partial charge in [-0.3, -0.25) is 4.79 Å². The maximum atomic E-state index is 15.0. The highest BCUT2D eigenvalue weighted by Crippen LogP contribution is 2.39. The Labute approximate surface area is 215 Å². The smallest absolute Gasteiger partial charge is 0.340 e. The summed E-state index contributed by atoms with van der Waals surface area (Å²) in [5.74, 6) is -4.17. The molecule has 2 fully saturated rings. The Morgan fingerprint density at radius 1 is 1.11 bits per heavy atom. The third-order valence-electron chi connectivity index (χ3n) is 7.62. The molecule has 11 heteroatoms. The first-order valence-electron chi connectivity index (χ1n) is 12.9. The van der Waals surface area contributed by atoms with Gasteiger partial charge in [-0.1, -0.05) is 38.5 Å². The topological polar surface area (TPSA) is 107 Å². The number of hydrogen-bond donors (Lipinski definition) is 3. The summed E-state index contributed by atoms with van der Waals surface area (Å²) < 4.78 is 40.8. The molecule has 2 heterocycles. The molecule has 37 heavy (non-hydrogen) atoms. The number of halogens is 2. The van der Waals surface area contributed by atoms with E-state index < -0.39 is 52.2 Å². The number of ether oxygens (including phenoxy) is 2. The lowest BCUT2D eigenvalue weighted by Crippen LogP contribution is -2.66. The Balaban J connectivity index is 1.54. The van der Waals surface area contributed by atoms with Gasteiger partial charge in [0.05, 0.1) is 31.8 Å². The third kappa shape index (κ3) is 5.62. The number of hydrazine groups is 1. The van der Waals surface area contributed by atoms with E-state index in [9.17, 15) is 14.0 Å². The lowest BCUT2D eigenvalue weighted by Gasteiger charge is -2.47. The Hall–Kier alpha value is -3.05. The first kappa shape index (κ1) is 27.0. The summed E-state index contributed by atoms with van der Waals surface area (Å²) in [6, 6.07) is 0.0610. The van der Waals surface area contributed by atoms with E-state index in [-0.39, 0.29) is 0 Å². The van der Waals surface area contributed by atoms with Crippen LogP contribution in [0.2, 0.25) is 0 Å². The molecule has 2 unspecified atom stereocenters. The van der Waals surface area contributed by atoms with Gasteiger partial charge in [-0.2, -0.15) is 0 Å². The Morgan fingerprint density at radius 3 is 2.38 bits per heavy atom. The van der Waals surface area contributed by atoms with Crippen LogP contribution in [-0.2, 0) is 15.2 Å². The van der Waals surface area contributed by atoms with Crippen LogP contribution in [0.1, 0.15) is 74.6 Å². The van der Waals surface area contributed by atoms with Gasteiger partial charge in [-0.15, -0.1) is 0 Å². The quantitative estimate of drug-likeness (QED) is 0.490. The summed E-state index contributed by atoms with van der Waals surface area (Å²) in [5.41, 5.74) is 5.18. The molecule has 1 aliphatic heterocycles. The normalized spacial score (nSPS) is 23.4. The van der Waals surface area contributed by atoms with Crippen LogP contribution in [0, 0.1) is 17.6 Å². The zero-order valence-electron chi connectivity index (χ0n) is 21.3. The summed E-state index contributed by atoms with van der Waals surface area (Å²) in [6.07, 6.45) is 15.9. The molecule has 1 amide bonds. The fraction of sp³-hybridized carbons (Fsp3) is 0.577. The molecule has 1 saturated heterocycles. The standard InChI is InChI=1S/C26H35F2N5O4/c1-36-23-19(27)15-18(25(35)37-2)22(21(23)28)30-24(34)20-11-12-26(32-31-20,33-14-13-29-16-33)17-9-7-5-3-4-6-8-10-17/h13-17,20,31-32H,3-12H2,1-2H3,(H,30,34). The molecule has 2 aromatic rings.